The lowest BCUT2D eigenvalue weighted by molar-refractivity contribution is 0.479. The number of aryl methyl sites for hydroxylation is 1. The van der Waals surface area contributed by atoms with Crippen molar-refractivity contribution in [1.82, 2.24) is 9.78 Å². The van der Waals surface area contributed by atoms with E-state index in [0.29, 0.717) is 5.92 Å². The molecule has 0 spiro atoms. The van der Waals surface area contributed by atoms with Crippen LogP contribution in [0.25, 0.3) is 0 Å². The summed E-state index contributed by atoms with van der Waals surface area (Å²) >= 11 is 4.29. The van der Waals surface area contributed by atoms with Crippen molar-refractivity contribution in [1.29, 1.82) is 0 Å². The summed E-state index contributed by atoms with van der Waals surface area (Å²) in [5, 5.41) is 4.55. The fraction of sp³-hybridized carbons (Fsp3) is 0.727. The van der Waals surface area contributed by atoms with Gasteiger partial charge in [-0.15, -0.1) is 0 Å². The largest absolute Gasteiger partial charge is 0.269 e. The molecule has 1 aromatic heterocycles. The quantitative estimate of drug-likeness (QED) is 0.760. The van der Waals surface area contributed by atoms with Crippen LogP contribution in [0, 0.1) is 19.8 Å². The predicted molar refractivity (Wildman–Crippen MR) is 64.1 cm³/mol. The van der Waals surface area contributed by atoms with Gasteiger partial charge in [0.15, 0.2) is 0 Å². The molecule has 1 rings (SSSR count). The monoisotopic (exact) mass is 212 g/mol. The minimum absolute atomic E-state index is 0.584. The van der Waals surface area contributed by atoms with Gasteiger partial charge in [0.2, 0.25) is 0 Å². The number of nitrogens with zero attached hydrogens (tertiary/aromatic N) is 2. The van der Waals surface area contributed by atoms with E-state index in [-0.39, 0.29) is 0 Å². The normalized spacial score (nSPS) is 13.2. The zero-order valence-electron chi connectivity index (χ0n) is 9.54. The fourth-order valence-corrected chi connectivity index (χ4v) is 1.89. The van der Waals surface area contributed by atoms with Crippen LogP contribution in [-0.2, 0) is 13.0 Å². The van der Waals surface area contributed by atoms with Gasteiger partial charge in [0.25, 0.3) is 0 Å². The summed E-state index contributed by atoms with van der Waals surface area (Å²) in [5.74, 6) is 1.50. The van der Waals surface area contributed by atoms with Gasteiger partial charge in [-0.3, -0.25) is 4.68 Å². The minimum Gasteiger partial charge on any atom is -0.269 e. The molecule has 0 saturated carbocycles. The van der Waals surface area contributed by atoms with Crippen molar-refractivity contribution >= 4 is 12.6 Å². The Bertz CT molecular complexity index is 304. The maximum Gasteiger partial charge on any atom is 0.0628 e. The van der Waals surface area contributed by atoms with Crippen LogP contribution >= 0.6 is 12.6 Å². The van der Waals surface area contributed by atoms with E-state index >= 15 is 0 Å². The zero-order valence-corrected chi connectivity index (χ0v) is 10.4. The van der Waals surface area contributed by atoms with E-state index in [9.17, 15) is 0 Å². The first-order valence-electron chi connectivity index (χ1n) is 5.23. The smallest absolute Gasteiger partial charge is 0.0628 e. The molecule has 0 fully saturated rings. The van der Waals surface area contributed by atoms with Crippen molar-refractivity contribution in [3.8, 4) is 0 Å². The van der Waals surface area contributed by atoms with Gasteiger partial charge >= 0.3 is 0 Å². The van der Waals surface area contributed by atoms with Crippen LogP contribution in [0.4, 0.5) is 0 Å². The first-order valence-corrected chi connectivity index (χ1v) is 5.87. The number of thiol groups is 1. The van der Waals surface area contributed by atoms with Gasteiger partial charge in [0.1, 0.15) is 0 Å². The van der Waals surface area contributed by atoms with Crippen LogP contribution in [0.3, 0.4) is 0 Å². The second-order valence-corrected chi connectivity index (χ2v) is 4.34. The predicted octanol–water partition coefficient (Wildman–Crippen LogP) is 2.63. The van der Waals surface area contributed by atoms with Crippen LogP contribution in [0.5, 0.6) is 0 Å². The second-order valence-electron chi connectivity index (χ2n) is 3.97. The summed E-state index contributed by atoms with van der Waals surface area (Å²) in [5.41, 5.74) is 3.89. The Labute approximate surface area is 92.1 Å². The summed E-state index contributed by atoms with van der Waals surface area (Å²) < 4.78 is 2.12. The average molecular weight is 212 g/mol. The van der Waals surface area contributed by atoms with Gasteiger partial charge in [-0.25, -0.2) is 0 Å². The molecule has 0 amide bonds. The Hall–Kier alpha value is -0.440. The van der Waals surface area contributed by atoms with Crippen LogP contribution in [0.1, 0.15) is 30.8 Å². The highest BCUT2D eigenvalue weighted by molar-refractivity contribution is 7.80. The van der Waals surface area contributed by atoms with Crippen LogP contribution in [0.2, 0.25) is 0 Å². The number of hydrogen-bond acceptors (Lipinski definition) is 2. The molecule has 80 valence electrons. The molecule has 1 heterocycles. The Kier molecular flexibility index (Phi) is 4.05. The van der Waals surface area contributed by atoms with Gasteiger partial charge in [-0.2, -0.15) is 17.7 Å². The number of rotatable bonds is 4. The molecule has 0 radical (unpaired) electrons. The molecule has 14 heavy (non-hydrogen) atoms. The molecule has 0 aliphatic rings. The van der Waals surface area contributed by atoms with Crippen LogP contribution in [-0.4, -0.2) is 15.5 Å². The first kappa shape index (κ1) is 11.6. The van der Waals surface area contributed by atoms with Crippen LogP contribution in [0.15, 0.2) is 0 Å². The van der Waals surface area contributed by atoms with E-state index in [2.05, 4.69) is 50.1 Å². The lowest BCUT2D eigenvalue weighted by atomic mass is 10.1. The Balaban J connectivity index is 2.88. The first-order chi connectivity index (χ1) is 6.60. The van der Waals surface area contributed by atoms with Gasteiger partial charge in [0, 0.05) is 12.2 Å². The summed E-state index contributed by atoms with van der Waals surface area (Å²) in [6.07, 6.45) is 1.08. The lowest BCUT2D eigenvalue weighted by Gasteiger charge is -2.09. The van der Waals surface area contributed by atoms with Gasteiger partial charge in [-0.1, -0.05) is 13.8 Å². The van der Waals surface area contributed by atoms with E-state index in [0.717, 1.165) is 18.7 Å². The van der Waals surface area contributed by atoms with Crippen molar-refractivity contribution in [3.05, 3.63) is 17.0 Å². The highest BCUT2D eigenvalue weighted by Crippen LogP contribution is 2.15. The number of hydrogen-bond donors (Lipinski definition) is 1. The van der Waals surface area contributed by atoms with Crippen molar-refractivity contribution in [3.63, 3.8) is 0 Å². The molecule has 1 aromatic rings. The van der Waals surface area contributed by atoms with Crippen molar-refractivity contribution in [2.45, 2.75) is 40.7 Å². The topological polar surface area (TPSA) is 17.8 Å². The maximum atomic E-state index is 4.55. The van der Waals surface area contributed by atoms with E-state index in [1.807, 2.05) is 0 Å². The fourth-order valence-electron chi connectivity index (χ4n) is 1.78. The summed E-state index contributed by atoms with van der Waals surface area (Å²) in [4.78, 5) is 0. The highest BCUT2D eigenvalue weighted by atomic mass is 32.1. The molecular weight excluding hydrogens is 192 g/mol. The van der Waals surface area contributed by atoms with E-state index < -0.39 is 0 Å². The minimum atomic E-state index is 0.584. The molecular formula is C11H20N2S. The highest BCUT2D eigenvalue weighted by Gasteiger charge is 2.11. The van der Waals surface area contributed by atoms with Crippen molar-refractivity contribution in [2.24, 2.45) is 5.92 Å². The summed E-state index contributed by atoms with van der Waals surface area (Å²) in [6, 6.07) is 0. The average Bonchev–Trinajstić information content (AvgIpc) is 2.42. The molecule has 0 N–H and O–H groups in total. The van der Waals surface area contributed by atoms with Crippen molar-refractivity contribution < 1.29 is 0 Å². The lowest BCUT2D eigenvalue weighted by Crippen LogP contribution is -2.11. The second kappa shape index (κ2) is 4.87. The molecule has 0 aliphatic carbocycles. The van der Waals surface area contributed by atoms with Gasteiger partial charge in [0.05, 0.1) is 5.69 Å². The van der Waals surface area contributed by atoms with E-state index in [1.165, 1.54) is 17.0 Å². The van der Waals surface area contributed by atoms with E-state index in [1.54, 1.807) is 0 Å². The molecule has 3 heteroatoms. The Morgan fingerprint density at radius 2 is 2.07 bits per heavy atom. The molecule has 0 saturated heterocycles. The van der Waals surface area contributed by atoms with Gasteiger partial charge < -0.3 is 0 Å². The molecule has 0 aliphatic heterocycles. The maximum absolute atomic E-state index is 4.55. The third-order valence-corrected chi connectivity index (χ3v) is 3.30. The molecule has 1 unspecified atom stereocenters. The van der Waals surface area contributed by atoms with Gasteiger partial charge in [-0.05, 0) is 37.5 Å². The number of aromatic nitrogens is 2. The van der Waals surface area contributed by atoms with Crippen LogP contribution < -0.4 is 0 Å². The Morgan fingerprint density at radius 3 is 2.50 bits per heavy atom. The zero-order chi connectivity index (χ0) is 10.7. The van der Waals surface area contributed by atoms with E-state index in [4.69, 9.17) is 0 Å². The third-order valence-electron chi connectivity index (χ3n) is 2.68. The Morgan fingerprint density at radius 1 is 1.43 bits per heavy atom. The standard InChI is InChI=1S/C11H20N2S/c1-5-11-9(3)12-13(10(11)4)6-8(2)7-14/h8,14H,5-7H2,1-4H3. The molecule has 1 atom stereocenters. The molecule has 2 nitrogen and oxygen atoms in total. The SMILES string of the molecule is CCc1c(C)nn(CC(C)CS)c1C. The third kappa shape index (κ3) is 2.32. The summed E-state index contributed by atoms with van der Waals surface area (Å²) in [6.45, 7) is 9.62. The molecule has 0 aromatic carbocycles. The summed E-state index contributed by atoms with van der Waals surface area (Å²) in [7, 11) is 0. The molecule has 0 bridgehead atoms. The van der Waals surface area contributed by atoms with Crippen molar-refractivity contribution in [2.75, 3.05) is 5.75 Å².